The standard InChI is InChI=1S/C23H29N5O2/c1-15-12-19(16-6-5-11-24-13-16)26-21-20(25-14-28(15)21)22(29)27-23(2,3)17-7-9-18(30-4)10-8-17/h5-6,11-14,17-18H,7-10H2,1-4H3,(H,27,29). The van der Waals surface area contributed by atoms with Crippen LogP contribution in [-0.4, -0.2) is 44.0 Å². The highest BCUT2D eigenvalue weighted by molar-refractivity contribution is 5.98. The smallest absolute Gasteiger partial charge is 0.274 e. The first-order valence-electron chi connectivity index (χ1n) is 10.5. The number of pyridine rings is 1. The number of hydrogen-bond acceptors (Lipinski definition) is 5. The van der Waals surface area contributed by atoms with E-state index < -0.39 is 0 Å². The maximum Gasteiger partial charge on any atom is 0.274 e. The Morgan fingerprint density at radius 1 is 1.27 bits per heavy atom. The van der Waals surface area contributed by atoms with Crippen LogP contribution in [0.2, 0.25) is 0 Å². The molecule has 3 aromatic heterocycles. The molecule has 0 radical (unpaired) electrons. The monoisotopic (exact) mass is 407 g/mol. The Balaban J connectivity index is 1.60. The molecule has 0 spiro atoms. The fraction of sp³-hybridized carbons (Fsp3) is 0.478. The average molecular weight is 408 g/mol. The van der Waals surface area contributed by atoms with Crippen molar-refractivity contribution in [3.8, 4) is 11.3 Å². The molecule has 0 unspecified atom stereocenters. The largest absolute Gasteiger partial charge is 0.381 e. The van der Waals surface area contributed by atoms with E-state index >= 15 is 0 Å². The fourth-order valence-electron chi connectivity index (χ4n) is 4.42. The van der Waals surface area contributed by atoms with Gasteiger partial charge in [-0.15, -0.1) is 0 Å². The van der Waals surface area contributed by atoms with Gasteiger partial charge in [-0.3, -0.25) is 14.2 Å². The maximum atomic E-state index is 13.2. The molecule has 0 saturated heterocycles. The van der Waals surface area contributed by atoms with Crippen LogP contribution in [0.3, 0.4) is 0 Å². The predicted molar refractivity (Wildman–Crippen MR) is 115 cm³/mol. The highest BCUT2D eigenvalue weighted by Gasteiger charge is 2.35. The topological polar surface area (TPSA) is 81.4 Å². The molecule has 1 aliphatic rings. The summed E-state index contributed by atoms with van der Waals surface area (Å²) in [7, 11) is 1.77. The summed E-state index contributed by atoms with van der Waals surface area (Å²) >= 11 is 0. The second-order valence-corrected chi connectivity index (χ2v) is 8.70. The molecule has 1 amide bonds. The number of ether oxygens (including phenoxy) is 1. The Kier molecular flexibility index (Phi) is 5.56. The number of aromatic nitrogens is 4. The van der Waals surface area contributed by atoms with E-state index in [4.69, 9.17) is 9.72 Å². The lowest BCUT2D eigenvalue weighted by Gasteiger charge is -2.39. The number of carbonyl (C=O) groups is 1. The zero-order valence-corrected chi connectivity index (χ0v) is 18.1. The SMILES string of the molecule is COC1CCC(C(C)(C)NC(=O)c2ncn3c(C)cc(-c4cccnc4)nc23)CC1. The summed E-state index contributed by atoms with van der Waals surface area (Å²) in [6, 6.07) is 5.81. The van der Waals surface area contributed by atoms with Crippen LogP contribution in [0.15, 0.2) is 36.9 Å². The number of imidazole rings is 1. The zero-order chi connectivity index (χ0) is 21.3. The average Bonchev–Trinajstić information content (AvgIpc) is 3.19. The highest BCUT2D eigenvalue weighted by Crippen LogP contribution is 2.34. The molecule has 1 saturated carbocycles. The summed E-state index contributed by atoms with van der Waals surface area (Å²) in [4.78, 5) is 26.5. The van der Waals surface area contributed by atoms with Crippen molar-refractivity contribution in [1.82, 2.24) is 24.7 Å². The Morgan fingerprint density at radius 2 is 2.03 bits per heavy atom. The van der Waals surface area contributed by atoms with Gasteiger partial charge in [-0.2, -0.15) is 0 Å². The van der Waals surface area contributed by atoms with Gasteiger partial charge in [-0.25, -0.2) is 9.97 Å². The number of aryl methyl sites for hydroxylation is 1. The van der Waals surface area contributed by atoms with Crippen molar-refractivity contribution < 1.29 is 9.53 Å². The van der Waals surface area contributed by atoms with Crippen molar-refractivity contribution in [2.24, 2.45) is 5.92 Å². The molecule has 158 valence electrons. The number of rotatable bonds is 5. The fourth-order valence-corrected chi connectivity index (χ4v) is 4.42. The quantitative estimate of drug-likeness (QED) is 0.695. The van der Waals surface area contributed by atoms with Crippen LogP contribution in [0.4, 0.5) is 0 Å². The third kappa shape index (κ3) is 3.94. The first kappa shape index (κ1) is 20.5. The van der Waals surface area contributed by atoms with Gasteiger partial charge < -0.3 is 10.1 Å². The molecule has 0 bridgehead atoms. The molecular formula is C23H29N5O2. The lowest BCUT2D eigenvalue weighted by atomic mass is 9.75. The molecule has 1 aliphatic carbocycles. The Hall–Kier alpha value is -2.80. The molecule has 3 heterocycles. The lowest BCUT2D eigenvalue weighted by Crippen LogP contribution is -2.50. The molecule has 4 rings (SSSR count). The van der Waals surface area contributed by atoms with E-state index in [0.29, 0.717) is 23.4 Å². The van der Waals surface area contributed by atoms with E-state index in [9.17, 15) is 4.79 Å². The van der Waals surface area contributed by atoms with Crippen molar-refractivity contribution in [3.05, 3.63) is 48.3 Å². The molecule has 7 heteroatoms. The minimum absolute atomic E-state index is 0.188. The van der Waals surface area contributed by atoms with Gasteiger partial charge in [-0.05, 0) is 70.6 Å². The predicted octanol–water partition coefficient (Wildman–Crippen LogP) is 3.81. The van der Waals surface area contributed by atoms with E-state index in [-0.39, 0.29) is 11.4 Å². The van der Waals surface area contributed by atoms with E-state index in [0.717, 1.165) is 42.6 Å². The van der Waals surface area contributed by atoms with Crippen LogP contribution >= 0.6 is 0 Å². The summed E-state index contributed by atoms with van der Waals surface area (Å²) in [5.74, 6) is 0.217. The van der Waals surface area contributed by atoms with E-state index in [1.165, 1.54) is 0 Å². The van der Waals surface area contributed by atoms with Gasteiger partial charge in [0.15, 0.2) is 11.3 Å². The summed E-state index contributed by atoms with van der Waals surface area (Å²) in [6.45, 7) is 6.18. The van der Waals surface area contributed by atoms with Crippen molar-refractivity contribution >= 4 is 11.6 Å². The molecule has 0 aromatic carbocycles. The number of nitrogens with zero attached hydrogens (tertiary/aromatic N) is 4. The molecule has 1 N–H and O–H groups in total. The number of methoxy groups -OCH3 is 1. The van der Waals surface area contributed by atoms with Crippen molar-refractivity contribution in [3.63, 3.8) is 0 Å². The Morgan fingerprint density at radius 3 is 2.70 bits per heavy atom. The third-order valence-corrected chi connectivity index (χ3v) is 6.33. The number of carbonyl (C=O) groups excluding carboxylic acids is 1. The second-order valence-electron chi connectivity index (χ2n) is 8.70. The first-order chi connectivity index (χ1) is 14.4. The molecule has 3 aromatic rings. The molecule has 1 fully saturated rings. The summed E-state index contributed by atoms with van der Waals surface area (Å²) < 4.78 is 7.34. The number of fused-ring (bicyclic) bond motifs is 1. The summed E-state index contributed by atoms with van der Waals surface area (Å²) in [5.41, 5.74) is 3.22. The summed E-state index contributed by atoms with van der Waals surface area (Å²) in [6.07, 6.45) is 9.64. The normalized spacial score (nSPS) is 19.7. The van der Waals surface area contributed by atoms with Crippen LogP contribution in [0.1, 0.15) is 55.7 Å². The third-order valence-electron chi connectivity index (χ3n) is 6.33. The minimum atomic E-state index is -0.332. The lowest BCUT2D eigenvalue weighted by molar-refractivity contribution is 0.0396. The second kappa shape index (κ2) is 8.14. The Labute approximate surface area is 176 Å². The molecule has 0 atom stereocenters. The van der Waals surface area contributed by atoms with Crippen LogP contribution in [0.25, 0.3) is 16.9 Å². The van der Waals surface area contributed by atoms with Gasteiger partial charge >= 0.3 is 0 Å². The maximum absolute atomic E-state index is 13.2. The highest BCUT2D eigenvalue weighted by atomic mass is 16.5. The molecule has 7 nitrogen and oxygen atoms in total. The van der Waals surface area contributed by atoms with E-state index in [2.05, 4.69) is 29.1 Å². The van der Waals surface area contributed by atoms with Crippen molar-refractivity contribution in [2.45, 2.75) is 58.1 Å². The van der Waals surface area contributed by atoms with Crippen LogP contribution in [0, 0.1) is 12.8 Å². The van der Waals surface area contributed by atoms with Gasteiger partial charge in [-0.1, -0.05) is 0 Å². The van der Waals surface area contributed by atoms with Crippen molar-refractivity contribution in [2.75, 3.05) is 7.11 Å². The summed E-state index contributed by atoms with van der Waals surface area (Å²) in [5, 5.41) is 3.22. The minimum Gasteiger partial charge on any atom is -0.381 e. The molecule has 0 aliphatic heterocycles. The van der Waals surface area contributed by atoms with Gasteiger partial charge in [0, 0.05) is 36.3 Å². The Bertz CT molecular complexity index is 1040. The number of hydrogen-bond donors (Lipinski definition) is 1. The van der Waals surface area contributed by atoms with E-state index in [1.807, 2.05) is 29.5 Å². The van der Waals surface area contributed by atoms with Gasteiger partial charge in [0.2, 0.25) is 0 Å². The first-order valence-corrected chi connectivity index (χ1v) is 10.5. The zero-order valence-electron chi connectivity index (χ0n) is 18.1. The van der Waals surface area contributed by atoms with Crippen LogP contribution in [0.5, 0.6) is 0 Å². The molecule has 30 heavy (non-hydrogen) atoms. The van der Waals surface area contributed by atoms with E-state index in [1.54, 1.807) is 25.8 Å². The van der Waals surface area contributed by atoms with Crippen LogP contribution < -0.4 is 5.32 Å². The number of amides is 1. The van der Waals surface area contributed by atoms with Crippen molar-refractivity contribution in [1.29, 1.82) is 0 Å². The van der Waals surface area contributed by atoms with Gasteiger partial charge in [0.25, 0.3) is 5.91 Å². The number of nitrogens with one attached hydrogen (secondary N) is 1. The molecular weight excluding hydrogens is 378 g/mol. The van der Waals surface area contributed by atoms with Crippen LogP contribution in [-0.2, 0) is 4.74 Å². The van der Waals surface area contributed by atoms with Gasteiger partial charge in [0.05, 0.1) is 11.8 Å². The van der Waals surface area contributed by atoms with Gasteiger partial charge in [0.1, 0.15) is 6.33 Å².